The molecule has 0 saturated carbocycles. The lowest BCUT2D eigenvalue weighted by Crippen LogP contribution is -2.59. The fourth-order valence-corrected chi connectivity index (χ4v) is 1.84. The molecule has 0 aromatic rings. The quantitative estimate of drug-likeness (QED) is 0.734. The molecule has 0 aromatic heterocycles. The van der Waals surface area contributed by atoms with Crippen molar-refractivity contribution < 1.29 is 14.3 Å². The highest BCUT2D eigenvalue weighted by Crippen LogP contribution is 2.18. The van der Waals surface area contributed by atoms with Crippen LogP contribution in [0, 0.1) is 0 Å². The number of amides is 1. The fourth-order valence-electron chi connectivity index (χ4n) is 1.84. The first-order valence-corrected chi connectivity index (χ1v) is 5.63. The van der Waals surface area contributed by atoms with E-state index in [1.807, 2.05) is 6.92 Å². The summed E-state index contributed by atoms with van der Waals surface area (Å²) in [6.45, 7) is 4.33. The second-order valence-electron chi connectivity index (χ2n) is 4.43. The zero-order valence-corrected chi connectivity index (χ0v) is 11.4. The minimum atomic E-state index is -0.599. The minimum absolute atomic E-state index is 0. The third-order valence-electron chi connectivity index (χ3n) is 3.02. The van der Waals surface area contributed by atoms with Crippen molar-refractivity contribution >= 4 is 24.3 Å². The Morgan fingerprint density at radius 3 is 2.53 bits per heavy atom. The van der Waals surface area contributed by atoms with Crippen LogP contribution in [0.1, 0.15) is 33.1 Å². The largest absolute Gasteiger partial charge is 0.467 e. The molecule has 0 spiro atoms. The first kappa shape index (κ1) is 16.2. The maximum Gasteiger partial charge on any atom is 0.328 e. The first-order valence-electron chi connectivity index (χ1n) is 5.63. The van der Waals surface area contributed by atoms with Gasteiger partial charge in [0.1, 0.15) is 6.04 Å². The van der Waals surface area contributed by atoms with Crippen LogP contribution in [0.3, 0.4) is 0 Å². The number of hydrogen-bond acceptors (Lipinski definition) is 4. The van der Waals surface area contributed by atoms with Gasteiger partial charge in [-0.3, -0.25) is 4.79 Å². The van der Waals surface area contributed by atoms with Gasteiger partial charge in [0.15, 0.2) is 0 Å². The highest BCUT2D eigenvalue weighted by Gasteiger charge is 2.35. The van der Waals surface area contributed by atoms with E-state index in [0.717, 1.165) is 25.8 Å². The van der Waals surface area contributed by atoms with E-state index < -0.39 is 17.6 Å². The molecule has 0 aliphatic carbocycles. The molecule has 0 bridgehead atoms. The number of carbonyl (C=O) groups excluding carboxylic acids is 2. The maximum atomic E-state index is 12.0. The van der Waals surface area contributed by atoms with Gasteiger partial charge in [-0.1, -0.05) is 0 Å². The SMILES string of the molecule is COC(=O)C(C)NC(=O)C1(C)CCCCN1.Cl. The van der Waals surface area contributed by atoms with Gasteiger partial charge in [0.2, 0.25) is 5.91 Å². The van der Waals surface area contributed by atoms with E-state index >= 15 is 0 Å². The van der Waals surface area contributed by atoms with Crippen molar-refractivity contribution in [1.29, 1.82) is 0 Å². The number of halogens is 1. The molecule has 5 nitrogen and oxygen atoms in total. The molecule has 0 aromatic carbocycles. The van der Waals surface area contributed by atoms with Gasteiger partial charge in [0.25, 0.3) is 0 Å². The second-order valence-corrected chi connectivity index (χ2v) is 4.43. The first-order chi connectivity index (χ1) is 7.49. The number of ether oxygens (including phenoxy) is 1. The van der Waals surface area contributed by atoms with Crippen molar-refractivity contribution in [3.8, 4) is 0 Å². The molecule has 1 heterocycles. The summed E-state index contributed by atoms with van der Waals surface area (Å²) in [6.07, 6.45) is 2.92. The van der Waals surface area contributed by atoms with Crippen molar-refractivity contribution in [2.24, 2.45) is 0 Å². The van der Waals surface area contributed by atoms with Crippen LogP contribution >= 0.6 is 12.4 Å². The summed E-state index contributed by atoms with van der Waals surface area (Å²) in [4.78, 5) is 23.1. The summed E-state index contributed by atoms with van der Waals surface area (Å²) < 4.78 is 4.56. The third-order valence-corrected chi connectivity index (χ3v) is 3.02. The molecule has 17 heavy (non-hydrogen) atoms. The van der Waals surface area contributed by atoms with Crippen LogP contribution in [0.5, 0.6) is 0 Å². The number of esters is 1. The van der Waals surface area contributed by atoms with Crippen molar-refractivity contribution in [2.45, 2.75) is 44.7 Å². The molecule has 2 atom stereocenters. The van der Waals surface area contributed by atoms with Crippen LogP contribution < -0.4 is 10.6 Å². The zero-order valence-electron chi connectivity index (χ0n) is 10.5. The molecule has 1 saturated heterocycles. The number of rotatable bonds is 3. The molecule has 2 N–H and O–H groups in total. The average Bonchev–Trinajstić information content (AvgIpc) is 2.28. The summed E-state index contributed by atoms with van der Waals surface area (Å²) in [5.74, 6) is -0.558. The molecule has 1 fully saturated rings. The van der Waals surface area contributed by atoms with Gasteiger partial charge in [-0.05, 0) is 39.7 Å². The number of hydrogen-bond donors (Lipinski definition) is 2. The molecule has 1 aliphatic rings. The Balaban J connectivity index is 0.00000256. The summed E-state index contributed by atoms with van der Waals surface area (Å²) in [5, 5.41) is 5.86. The molecule has 1 amide bonds. The van der Waals surface area contributed by atoms with Crippen LogP contribution in [0.4, 0.5) is 0 Å². The van der Waals surface area contributed by atoms with Crippen molar-refractivity contribution in [2.75, 3.05) is 13.7 Å². The van der Waals surface area contributed by atoms with Crippen molar-refractivity contribution in [1.82, 2.24) is 10.6 Å². The smallest absolute Gasteiger partial charge is 0.328 e. The number of methoxy groups -OCH3 is 1. The van der Waals surface area contributed by atoms with Crippen molar-refractivity contribution in [3.05, 3.63) is 0 Å². The summed E-state index contributed by atoms with van der Waals surface area (Å²) in [7, 11) is 1.31. The number of nitrogens with one attached hydrogen (secondary N) is 2. The van der Waals surface area contributed by atoms with E-state index in [9.17, 15) is 9.59 Å². The summed E-state index contributed by atoms with van der Waals surface area (Å²) >= 11 is 0. The Hall–Kier alpha value is -0.810. The molecule has 1 aliphatic heterocycles. The standard InChI is InChI=1S/C11H20N2O3.ClH/c1-8(9(14)16-3)13-10(15)11(2)6-4-5-7-12-11;/h8,12H,4-7H2,1-3H3,(H,13,15);1H. The summed E-state index contributed by atoms with van der Waals surface area (Å²) in [6, 6.07) is -0.599. The minimum Gasteiger partial charge on any atom is -0.467 e. The van der Waals surface area contributed by atoms with Crippen LogP contribution in [-0.4, -0.2) is 37.1 Å². The van der Waals surface area contributed by atoms with E-state index in [-0.39, 0.29) is 18.3 Å². The van der Waals surface area contributed by atoms with Crippen LogP contribution in [0.2, 0.25) is 0 Å². The van der Waals surface area contributed by atoms with Crippen molar-refractivity contribution in [3.63, 3.8) is 0 Å². The van der Waals surface area contributed by atoms with Gasteiger partial charge in [-0.15, -0.1) is 12.4 Å². The van der Waals surface area contributed by atoms with Gasteiger partial charge in [-0.25, -0.2) is 4.79 Å². The molecule has 2 unspecified atom stereocenters. The average molecular weight is 265 g/mol. The predicted molar refractivity (Wildman–Crippen MR) is 67.1 cm³/mol. The number of piperidine rings is 1. The second kappa shape index (κ2) is 6.81. The van der Waals surface area contributed by atoms with E-state index in [1.165, 1.54) is 7.11 Å². The summed E-state index contributed by atoms with van der Waals surface area (Å²) in [5.41, 5.74) is -0.555. The zero-order chi connectivity index (χ0) is 12.2. The topological polar surface area (TPSA) is 67.4 Å². The van der Waals surface area contributed by atoms with Crippen LogP contribution in [-0.2, 0) is 14.3 Å². The monoisotopic (exact) mass is 264 g/mol. The number of carbonyl (C=O) groups is 2. The lowest BCUT2D eigenvalue weighted by molar-refractivity contribution is -0.145. The van der Waals surface area contributed by atoms with E-state index in [0.29, 0.717) is 0 Å². The normalized spacial score (nSPS) is 25.4. The predicted octanol–water partition coefficient (Wildman–Crippen LogP) is 0.618. The molecule has 1 rings (SSSR count). The third kappa shape index (κ3) is 4.16. The molecule has 0 radical (unpaired) electrons. The Kier molecular flexibility index (Phi) is 6.49. The molecular weight excluding hydrogens is 244 g/mol. The molecular formula is C11H21ClN2O3. The van der Waals surface area contributed by atoms with Gasteiger partial charge >= 0.3 is 5.97 Å². The van der Waals surface area contributed by atoms with E-state index in [4.69, 9.17) is 0 Å². The Bertz CT molecular complexity index is 278. The molecule has 100 valence electrons. The van der Waals surface area contributed by atoms with Gasteiger partial charge in [0, 0.05) is 0 Å². The Labute approximate surface area is 108 Å². The lowest BCUT2D eigenvalue weighted by atomic mass is 9.90. The fraction of sp³-hybridized carbons (Fsp3) is 0.818. The van der Waals surface area contributed by atoms with Gasteiger partial charge in [-0.2, -0.15) is 0 Å². The molecule has 6 heteroatoms. The van der Waals surface area contributed by atoms with E-state index in [1.54, 1.807) is 6.92 Å². The lowest BCUT2D eigenvalue weighted by Gasteiger charge is -2.34. The highest BCUT2D eigenvalue weighted by atomic mass is 35.5. The van der Waals surface area contributed by atoms with Gasteiger partial charge < -0.3 is 15.4 Å². The van der Waals surface area contributed by atoms with Crippen LogP contribution in [0.15, 0.2) is 0 Å². The Morgan fingerprint density at radius 1 is 1.41 bits per heavy atom. The maximum absolute atomic E-state index is 12.0. The Morgan fingerprint density at radius 2 is 2.06 bits per heavy atom. The van der Waals surface area contributed by atoms with Crippen LogP contribution in [0.25, 0.3) is 0 Å². The highest BCUT2D eigenvalue weighted by molar-refractivity contribution is 5.90. The van der Waals surface area contributed by atoms with Gasteiger partial charge in [0.05, 0.1) is 12.6 Å². The van der Waals surface area contributed by atoms with E-state index in [2.05, 4.69) is 15.4 Å².